The van der Waals surface area contributed by atoms with E-state index in [-0.39, 0.29) is 18.4 Å². The Kier molecular flexibility index (Phi) is 3.22. The summed E-state index contributed by atoms with van der Waals surface area (Å²) >= 11 is 0. The monoisotopic (exact) mass is 195 g/mol. The normalized spacial score (nSPS) is 30.9. The molecule has 1 heterocycles. The highest BCUT2D eigenvalue weighted by Crippen LogP contribution is 2.29. The van der Waals surface area contributed by atoms with Crippen LogP contribution in [0.4, 0.5) is 13.2 Å². The minimum Gasteiger partial charge on any atom is -0.303 e. The molecular weight excluding hydrogens is 179 g/mol. The summed E-state index contributed by atoms with van der Waals surface area (Å²) in [5.41, 5.74) is 0. The predicted octanol–water partition coefficient (Wildman–Crippen LogP) is 2.72. The average Bonchev–Trinajstić information content (AvgIpc) is 2.03. The van der Waals surface area contributed by atoms with Crippen LogP contribution in [0.25, 0.3) is 0 Å². The summed E-state index contributed by atoms with van der Waals surface area (Å²) < 4.78 is 36.9. The number of hydrogen-bond acceptors (Lipinski definition) is 1. The molecule has 0 aromatic carbocycles. The number of piperidine rings is 1. The molecule has 78 valence electrons. The van der Waals surface area contributed by atoms with Crippen molar-refractivity contribution in [1.29, 1.82) is 0 Å². The quantitative estimate of drug-likeness (QED) is 0.678. The van der Waals surface area contributed by atoms with Crippen molar-refractivity contribution in [3.63, 3.8) is 0 Å². The molecule has 0 aromatic rings. The first-order valence-corrected chi connectivity index (χ1v) is 4.74. The number of nitrogens with one attached hydrogen (secondary N) is 1. The highest BCUT2D eigenvalue weighted by Gasteiger charge is 2.42. The lowest BCUT2D eigenvalue weighted by Gasteiger charge is -2.34. The maximum absolute atomic E-state index is 12.3. The van der Waals surface area contributed by atoms with Gasteiger partial charge in [-0.2, -0.15) is 13.2 Å². The Morgan fingerprint density at radius 1 is 1.23 bits per heavy atom. The fourth-order valence-electron chi connectivity index (χ4n) is 1.75. The molecule has 1 nitrogen and oxygen atoms in total. The van der Waals surface area contributed by atoms with Gasteiger partial charge in [-0.1, -0.05) is 13.8 Å². The van der Waals surface area contributed by atoms with Gasteiger partial charge in [0, 0.05) is 6.04 Å². The fraction of sp³-hybridized carbons (Fsp3) is 1.00. The zero-order chi connectivity index (χ0) is 10.1. The average molecular weight is 195 g/mol. The second-order valence-electron chi connectivity index (χ2n) is 4.04. The fourth-order valence-corrected chi connectivity index (χ4v) is 1.75. The van der Waals surface area contributed by atoms with E-state index in [0.717, 1.165) is 6.42 Å². The van der Waals surface area contributed by atoms with Gasteiger partial charge in [0.25, 0.3) is 0 Å². The smallest absolute Gasteiger partial charge is 0.303 e. The Bertz CT molecular complexity index is 165. The van der Waals surface area contributed by atoms with Gasteiger partial charge in [0.1, 0.15) is 6.04 Å². The van der Waals surface area contributed by atoms with Crippen LogP contribution in [0.5, 0.6) is 0 Å². The minimum atomic E-state index is -4.08. The van der Waals surface area contributed by atoms with Crippen LogP contribution in [-0.2, 0) is 0 Å². The molecule has 2 atom stereocenters. The first kappa shape index (κ1) is 10.8. The zero-order valence-corrected chi connectivity index (χ0v) is 7.99. The molecule has 13 heavy (non-hydrogen) atoms. The summed E-state index contributed by atoms with van der Waals surface area (Å²) in [6.07, 6.45) is -2.30. The summed E-state index contributed by atoms with van der Waals surface area (Å²) in [5.74, 6) is 0.283. The molecule has 0 bridgehead atoms. The van der Waals surface area contributed by atoms with Crippen LogP contribution in [0, 0.1) is 5.92 Å². The number of rotatable bonds is 1. The van der Waals surface area contributed by atoms with Crippen molar-refractivity contribution in [3.05, 3.63) is 0 Å². The van der Waals surface area contributed by atoms with Crippen LogP contribution in [0.3, 0.4) is 0 Å². The van der Waals surface area contributed by atoms with Gasteiger partial charge in [-0.05, 0) is 25.2 Å². The van der Waals surface area contributed by atoms with Crippen LogP contribution >= 0.6 is 0 Å². The van der Waals surface area contributed by atoms with E-state index in [4.69, 9.17) is 0 Å². The van der Waals surface area contributed by atoms with Crippen molar-refractivity contribution in [1.82, 2.24) is 5.32 Å². The molecule has 1 N–H and O–H groups in total. The Labute approximate surface area is 76.7 Å². The van der Waals surface area contributed by atoms with E-state index in [0.29, 0.717) is 6.42 Å². The molecule has 0 aromatic heterocycles. The molecule has 1 saturated heterocycles. The second kappa shape index (κ2) is 3.86. The molecule has 0 spiro atoms. The van der Waals surface area contributed by atoms with Crippen molar-refractivity contribution in [2.24, 2.45) is 5.92 Å². The summed E-state index contributed by atoms with van der Waals surface area (Å²) in [5, 5.41) is 2.67. The molecule has 1 fully saturated rings. The Morgan fingerprint density at radius 3 is 2.31 bits per heavy atom. The van der Waals surface area contributed by atoms with E-state index in [9.17, 15) is 13.2 Å². The lowest BCUT2D eigenvalue weighted by atomic mass is 9.91. The van der Waals surface area contributed by atoms with Crippen molar-refractivity contribution in [3.8, 4) is 0 Å². The van der Waals surface area contributed by atoms with Gasteiger partial charge in [-0.3, -0.25) is 0 Å². The molecule has 1 aliphatic heterocycles. The summed E-state index contributed by atoms with van der Waals surface area (Å²) in [4.78, 5) is 0. The van der Waals surface area contributed by atoms with Gasteiger partial charge in [-0.25, -0.2) is 0 Å². The van der Waals surface area contributed by atoms with Crippen molar-refractivity contribution >= 4 is 0 Å². The van der Waals surface area contributed by atoms with E-state index in [2.05, 4.69) is 5.32 Å². The Hall–Kier alpha value is -0.250. The van der Waals surface area contributed by atoms with Gasteiger partial charge in [0.15, 0.2) is 0 Å². The van der Waals surface area contributed by atoms with E-state index in [1.165, 1.54) is 0 Å². The third kappa shape index (κ3) is 2.86. The zero-order valence-electron chi connectivity index (χ0n) is 7.99. The molecule has 0 amide bonds. The Morgan fingerprint density at radius 2 is 1.85 bits per heavy atom. The van der Waals surface area contributed by atoms with Crippen LogP contribution in [0.15, 0.2) is 0 Å². The van der Waals surface area contributed by atoms with Crippen LogP contribution in [0.2, 0.25) is 0 Å². The molecule has 0 radical (unpaired) electrons. The molecule has 1 rings (SSSR count). The summed E-state index contributed by atoms with van der Waals surface area (Å²) in [7, 11) is 0. The van der Waals surface area contributed by atoms with Crippen LogP contribution < -0.4 is 5.32 Å². The van der Waals surface area contributed by atoms with Crippen molar-refractivity contribution < 1.29 is 13.2 Å². The largest absolute Gasteiger partial charge is 0.403 e. The molecule has 0 unspecified atom stereocenters. The van der Waals surface area contributed by atoms with E-state index < -0.39 is 12.2 Å². The van der Waals surface area contributed by atoms with Gasteiger partial charge in [-0.15, -0.1) is 0 Å². The topological polar surface area (TPSA) is 12.0 Å². The third-order valence-corrected chi connectivity index (χ3v) is 2.62. The summed E-state index contributed by atoms with van der Waals surface area (Å²) in [6, 6.07) is -1.26. The standard InChI is InChI=1S/C9H16F3N/c1-6(2)7-4-3-5-8(13-7)9(10,11)12/h6-8,13H,3-5H2,1-2H3/t7-,8+/m1/s1. The predicted molar refractivity (Wildman–Crippen MR) is 45.5 cm³/mol. The number of alkyl halides is 3. The van der Waals surface area contributed by atoms with E-state index in [1.807, 2.05) is 13.8 Å². The third-order valence-electron chi connectivity index (χ3n) is 2.62. The molecular formula is C9H16F3N. The lowest BCUT2D eigenvalue weighted by Crippen LogP contribution is -2.51. The van der Waals surface area contributed by atoms with Crippen LogP contribution in [-0.4, -0.2) is 18.3 Å². The SMILES string of the molecule is CC(C)[C@H]1CCC[C@@H](C(F)(F)F)N1. The van der Waals surface area contributed by atoms with Gasteiger partial charge in [0.2, 0.25) is 0 Å². The molecule has 0 saturated carbocycles. The minimum absolute atomic E-state index is 0.0281. The van der Waals surface area contributed by atoms with Crippen molar-refractivity contribution in [2.75, 3.05) is 0 Å². The molecule has 4 heteroatoms. The Balaban J connectivity index is 2.52. The van der Waals surface area contributed by atoms with Crippen LogP contribution in [0.1, 0.15) is 33.1 Å². The second-order valence-corrected chi connectivity index (χ2v) is 4.04. The molecule has 1 aliphatic rings. The lowest BCUT2D eigenvalue weighted by molar-refractivity contribution is -0.164. The van der Waals surface area contributed by atoms with Gasteiger partial charge in [0.05, 0.1) is 0 Å². The van der Waals surface area contributed by atoms with Gasteiger partial charge >= 0.3 is 6.18 Å². The van der Waals surface area contributed by atoms with E-state index in [1.54, 1.807) is 0 Å². The maximum atomic E-state index is 12.3. The summed E-state index contributed by atoms with van der Waals surface area (Å²) in [6.45, 7) is 3.91. The highest BCUT2D eigenvalue weighted by molar-refractivity contribution is 4.86. The first-order valence-electron chi connectivity index (χ1n) is 4.74. The maximum Gasteiger partial charge on any atom is 0.403 e. The highest BCUT2D eigenvalue weighted by atomic mass is 19.4. The van der Waals surface area contributed by atoms with Gasteiger partial charge < -0.3 is 5.32 Å². The van der Waals surface area contributed by atoms with E-state index >= 15 is 0 Å². The first-order chi connectivity index (χ1) is 5.91. The number of halogens is 3. The molecule has 0 aliphatic carbocycles. The number of hydrogen-bond donors (Lipinski definition) is 1. The van der Waals surface area contributed by atoms with Crippen molar-refractivity contribution in [2.45, 2.75) is 51.4 Å².